The van der Waals surface area contributed by atoms with E-state index in [0.717, 1.165) is 0 Å². The molecule has 0 unspecified atom stereocenters. The highest BCUT2D eigenvalue weighted by molar-refractivity contribution is 7.87. The van der Waals surface area contributed by atoms with E-state index >= 15 is 0 Å². The molecule has 2 saturated carbocycles. The molecule has 2 bridgehead atoms. The van der Waals surface area contributed by atoms with Crippen molar-refractivity contribution in [3.63, 3.8) is 0 Å². The van der Waals surface area contributed by atoms with Gasteiger partial charge in [0.15, 0.2) is 5.78 Å². The van der Waals surface area contributed by atoms with Crippen molar-refractivity contribution >= 4 is 15.9 Å². The monoisotopic (exact) mass is 286 g/mol. The third-order valence-corrected chi connectivity index (χ3v) is 5.15. The highest BCUT2D eigenvalue weighted by Gasteiger charge is 2.66. The molecule has 2 fully saturated rings. The fourth-order valence-electron chi connectivity index (χ4n) is 2.98. The topological polar surface area (TPSA) is 60.4 Å². The Morgan fingerprint density at radius 2 is 1.89 bits per heavy atom. The third-order valence-electron chi connectivity index (χ3n) is 4.05. The lowest BCUT2D eigenvalue weighted by Crippen LogP contribution is -2.46. The number of halogens is 3. The molecule has 0 aliphatic heterocycles. The molecule has 8 heteroatoms. The van der Waals surface area contributed by atoms with Crippen molar-refractivity contribution in [1.82, 2.24) is 0 Å². The van der Waals surface area contributed by atoms with E-state index in [-0.39, 0.29) is 18.8 Å². The number of hydrogen-bond donors (Lipinski definition) is 0. The smallest absolute Gasteiger partial charge is 0.296 e. The number of carbonyl (C=O) groups excluding carboxylic acids is 1. The molecule has 2 atom stereocenters. The lowest BCUT2D eigenvalue weighted by atomic mass is 9.75. The van der Waals surface area contributed by atoms with Crippen molar-refractivity contribution < 1.29 is 30.6 Å². The highest BCUT2D eigenvalue weighted by Crippen LogP contribution is 2.57. The maximum atomic E-state index is 12.3. The van der Waals surface area contributed by atoms with Crippen molar-refractivity contribution in [2.45, 2.75) is 44.2 Å². The molecule has 0 radical (unpaired) electrons. The molecule has 0 aromatic rings. The van der Waals surface area contributed by atoms with E-state index in [1.165, 1.54) is 0 Å². The Hall–Kier alpha value is -0.630. The first-order valence-corrected chi connectivity index (χ1v) is 6.90. The SMILES string of the molecule is CC1(C)C(=O)[C@@]2(OS(=O)(=O)C(F)(F)F)CC[C@@H]1C2. The molecule has 4 nitrogen and oxygen atoms in total. The Morgan fingerprint density at radius 3 is 2.28 bits per heavy atom. The van der Waals surface area contributed by atoms with Gasteiger partial charge in [-0.25, -0.2) is 4.18 Å². The van der Waals surface area contributed by atoms with Crippen LogP contribution >= 0.6 is 0 Å². The molecular weight excluding hydrogens is 273 g/mol. The van der Waals surface area contributed by atoms with Crippen molar-refractivity contribution in [3.05, 3.63) is 0 Å². The van der Waals surface area contributed by atoms with Gasteiger partial charge in [-0.2, -0.15) is 21.6 Å². The molecule has 0 heterocycles. The molecule has 0 aromatic carbocycles. The normalized spacial score (nSPS) is 35.2. The number of ketones is 1. The number of fused-ring (bicyclic) bond motifs is 2. The molecule has 2 aliphatic carbocycles. The van der Waals surface area contributed by atoms with Gasteiger partial charge in [0, 0.05) is 5.41 Å². The van der Waals surface area contributed by atoms with E-state index in [0.29, 0.717) is 6.42 Å². The molecule has 18 heavy (non-hydrogen) atoms. The Labute approximate surface area is 103 Å². The highest BCUT2D eigenvalue weighted by atomic mass is 32.2. The fraction of sp³-hybridized carbons (Fsp3) is 0.900. The first kappa shape index (κ1) is 13.8. The molecule has 0 spiro atoms. The van der Waals surface area contributed by atoms with Crippen LogP contribution in [0.3, 0.4) is 0 Å². The summed E-state index contributed by atoms with van der Waals surface area (Å²) in [6.45, 7) is 3.23. The van der Waals surface area contributed by atoms with Crippen molar-refractivity contribution in [2.75, 3.05) is 0 Å². The van der Waals surface area contributed by atoms with Crippen LogP contribution in [0.1, 0.15) is 33.1 Å². The Balaban J connectivity index is 2.34. The maximum absolute atomic E-state index is 12.3. The first-order chi connectivity index (χ1) is 7.92. The molecule has 0 saturated heterocycles. The summed E-state index contributed by atoms with van der Waals surface area (Å²) < 4.78 is 63.3. The zero-order valence-corrected chi connectivity index (χ0v) is 10.7. The van der Waals surface area contributed by atoms with Gasteiger partial charge in [-0.3, -0.25) is 4.79 Å². The predicted molar refractivity (Wildman–Crippen MR) is 54.9 cm³/mol. The third kappa shape index (κ3) is 1.69. The maximum Gasteiger partial charge on any atom is 0.523 e. The number of hydrogen-bond acceptors (Lipinski definition) is 4. The molecular formula is C10H13F3O4S. The lowest BCUT2D eigenvalue weighted by molar-refractivity contribution is -0.141. The summed E-state index contributed by atoms with van der Waals surface area (Å²) in [6.07, 6.45) is 0.593. The second-order valence-corrected chi connectivity index (χ2v) is 7.01. The molecule has 2 aliphatic rings. The fourth-order valence-corrected chi connectivity index (χ4v) is 3.72. The average Bonchev–Trinajstić information content (AvgIpc) is 2.65. The number of rotatable bonds is 2. The van der Waals surface area contributed by atoms with Gasteiger partial charge in [0.1, 0.15) is 5.60 Å². The van der Waals surface area contributed by atoms with Crippen LogP contribution in [0.4, 0.5) is 13.2 Å². The van der Waals surface area contributed by atoms with Crippen molar-refractivity contribution in [1.29, 1.82) is 0 Å². The van der Waals surface area contributed by atoms with E-state index in [4.69, 9.17) is 0 Å². The summed E-state index contributed by atoms with van der Waals surface area (Å²) in [4.78, 5) is 12.1. The lowest BCUT2D eigenvalue weighted by Gasteiger charge is -2.32. The van der Waals surface area contributed by atoms with Crippen LogP contribution in [-0.4, -0.2) is 25.3 Å². The van der Waals surface area contributed by atoms with Crippen LogP contribution in [-0.2, 0) is 19.1 Å². The molecule has 0 aromatic heterocycles. The van der Waals surface area contributed by atoms with Gasteiger partial charge in [-0.15, -0.1) is 0 Å². The van der Waals surface area contributed by atoms with Crippen LogP contribution in [0.2, 0.25) is 0 Å². The minimum atomic E-state index is -5.73. The molecule has 104 valence electrons. The molecule has 2 rings (SSSR count). The quantitative estimate of drug-likeness (QED) is 0.575. The second kappa shape index (κ2) is 3.47. The van der Waals surface area contributed by atoms with Crippen LogP contribution in [0.5, 0.6) is 0 Å². The van der Waals surface area contributed by atoms with Gasteiger partial charge in [0.05, 0.1) is 0 Å². The zero-order valence-electron chi connectivity index (χ0n) is 9.87. The van der Waals surface area contributed by atoms with Crippen LogP contribution < -0.4 is 0 Å². The van der Waals surface area contributed by atoms with E-state index in [9.17, 15) is 26.4 Å². The summed E-state index contributed by atoms with van der Waals surface area (Å²) in [5.41, 5.74) is -8.12. The minimum absolute atomic E-state index is 0.0369. The van der Waals surface area contributed by atoms with Crippen LogP contribution in [0.25, 0.3) is 0 Å². The van der Waals surface area contributed by atoms with E-state index in [1.807, 2.05) is 0 Å². The van der Waals surface area contributed by atoms with Gasteiger partial charge < -0.3 is 0 Å². The zero-order chi connectivity index (χ0) is 14.0. The van der Waals surface area contributed by atoms with E-state index < -0.39 is 32.4 Å². The van der Waals surface area contributed by atoms with Crippen LogP contribution in [0.15, 0.2) is 0 Å². The average molecular weight is 286 g/mol. The molecule has 0 N–H and O–H groups in total. The number of Topliss-reactive ketones (excluding diaryl/α,β-unsaturated/α-hetero) is 1. The van der Waals surface area contributed by atoms with Gasteiger partial charge >= 0.3 is 15.6 Å². The van der Waals surface area contributed by atoms with Gasteiger partial charge in [0.2, 0.25) is 0 Å². The Kier molecular flexibility index (Phi) is 2.66. The largest absolute Gasteiger partial charge is 0.523 e. The number of carbonyl (C=O) groups is 1. The van der Waals surface area contributed by atoms with Gasteiger partial charge in [-0.1, -0.05) is 13.8 Å². The standard InChI is InChI=1S/C10H13F3O4S/c1-8(2)6-3-4-9(5-6,7(8)14)17-18(15,16)10(11,12)13/h6H,3-5H2,1-2H3/t6-,9-/m1/s1. The summed E-state index contributed by atoms with van der Waals surface area (Å²) >= 11 is 0. The van der Waals surface area contributed by atoms with E-state index in [1.54, 1.807) is 13.8 Å². The summed E-state index contributed by atoms with van der Waals surface area (Å²) in [7, 11) is -5.73. The Morgan fingerprint density at radius 1 is 1.33 bits per heavy atom. The summed E-state index contributed by atoms with van der Waals surface area (Å²) in [5, 5.41) is 0. The van der Waals surface area contributed by atoms with Gasteiger partial charge in [-0.05, 0) is 25.2 Å². The van der Waals surface area contributed by atoms with Crippen molar-refractivity contribution in [3.8, 4) is 0 Å². The van der Waals surface area contributed by atoms with Gasteiger partial charge in [0.25, 0.3) is 0 Å². The molecule has 0 amide bonds. The Bertz CT molecular complexity index is 494. The number of alkyl halides is 3. The summed E-state index contributed by atoms with van der Waals surface area (Å²) in [6, 6.07) is 0. The summed E-state index contributed by atoms with van der Waals surface area (Å²) in [5.74, 6) is -0.660. The minimum Gasteiger partial charge on any atom is -0.296 e. The van der Waals surface area contributed by atoms with Crippen LogP contribution in [0, 0.1) is 11.3 Å². The van der Waals surface area contributed by atoms with Crippen molar-refractivity contribution in [2.24, 2.45) is 11.3 Å². The second-order valence-electron chi connectivity index (χ2n) is 5.47. The van der Waals surface area contributed by atoms with E-state index in [2.05, 4.69) is 4.18 Å². The first-order valence-electron chi connectivity index (χ1n) is 5.49. The predicted octanol–water partition coefficient (Wildman–Crippen LogP) is 2.00.